The van der Waals surface area contributed by atoms with Gasteiger partial charge in [0.15, 0.2) is 0 Å². The van der Waals surface area contributed by atoms with Crippen LogP contribution in [0, 0.1) is 11.8 Å². The molecule has 15 heavy (non-hydrogen) atoms. The van der Waals surface area contributed by atoms with E-state index in [0.29, 0.717) is 0 Å². The van der Waals surface area contributed by atoms with Crippen LogP contribution in [0.4, 0.5) is 0 Å². The Bertz CT molecular complexity index is 149. The molecule has 0 bridgehead atoms. The maximum absolute atomic E-state index is 2.46. The smallest absolute Gasteiger partial charge is 0.0195 e. The van der Waals surface area contributed by atoms with Crippen molar-refractivity contribution in [2.24, 2.45) is 11.8 Å². The van der Waals surface area contributed by atoms with Crippen LogP contribution >= 0.6 is 0 Å². The molecule has 0 unspecified atom stereocenters. The summed E-state index contributed by atoms with van der Waals surface area (Å²) >= 11 is 0. The number of rotatable bonds is 8. The van der Waals surface area contributed by atoms with Gasteiger partial charge in [0.05, 0.1) is 0 Å². The summed E-state index contributed by atoms with van der Waals surface area (Å²) in [4.78, 5) is 2.46. The minimum absolute atomic E-state index is 0.750. The van der Waals surface area contributed by atoms with Crippen LogP contribution in [0.25, 0.3) is 0 Å². The van der Waals surface area contributed by atoms with Crippen molar-refractivity contribution in [3.63, 3.8) is 0 Å². The molecule has 0 radical (unpaired) electrons. The molecule has 0 fully saturated rings. The molecule has 0 aliphatic rings. The van der Waals surface area contributed by atoms with Crippen LogP contribution in [0.5, 0.6) is 0 Å². The minimum atomic E-state index is 0.750. The summed E-state index contributed by atoms with van der Waals surface area (Å²) < 4.78 is 0. The molecule has 0 saturated heterocycles. The fourth-order valence-corrected chi connectivity index (χ4v) is 1.68. The second-order valence-corrected chi connectivity index (χ2v) is 5.27. The van der Waals surface area contributed by atoms with Crippen LogP contribution in [0.1, 0.15) is 53.9 Å². The van der Waals surface area contributed by atoms with Crippen LogP contribution in [0.3, 0.4) is 0 Å². The zero-order valence-corrected chi connectivity index (χ0v) is 11.3. The molecular weight excluding hydrogens is 182 g/mol. The molecule has 0 aliphatic heterocycles. The van der Waals surface area contributed by atoms with Crippen molar-refractivity contribution in [1.82, 2.24) is 4.90 Å². The first kappa shape index (κ1) is 14.5. The quantitative estimate of drug-likeness (QED) is 0.541. The van der Waals surface area contributed by atoms with Crippen molar-refractivity contribution in [2.75, 3.05) is 13.1 Å². The van der Waals surface area contributed by atoms with E-state index in [0.717, 1.165) is 11.8 Å². The fraction of sp³-hybridized carbons (Fsp3) is 0.857. The van der Waals surface area contributed by atoms with Crippen LogP contribution in [-0.4, -0.2) is 18.0 Å². The summed E-state index contributed by atoms with van der Waals surface area (Å²) in [6.07, 6.45) is 8.46. The predicted octanol–water partition coefficient (Wildman–Crippen LogP) is 4.30. The minimum Gasteiger partial charge on any atom is -0.377 e. The predicted molar refractivity (Wildman–Crippen MR) is 69.9 cm³/mol. The van der Waals surface area contributed by atoms with Crippen LogP contribution in [-0.2, 0) is 0 Å². The average Bonchev–Trinajstić information content (AvgIpc) is 2.10. The van der Waals surface area contributed by atoms with Gasteiger partial charge in [-0.15, -0.1) is 0 Å². The normalized spacial score (nSPS) is 11.9. The molecule has 0 aromatic carbocycles. The van der Waals surface area contributed by atoms with E-state index in [2.05, 4.69) is 51.8 Å². The van der Waals surface area contributed by atoms with E-state index < -0.39 is 0 Å². The molecule has 1 nitrogen and oxygen atoms in total. The highest BCUT2D eigenvalue weighted by Gasteiger charge is 2.04. The third kappa shape index (κ3) is 9.84. The van der Waals surface area contributed by atoms with Crippen molar-refractivity contribution < 1.29 is 0 Å². The highest BCUT2D eigenvalue weighted by atomic mass is 15.1. The molecule has 0 aromatic heterocycles. The zero-order valence-electron chi connectivity index (χ0n) is 11.3. The van der Waals surface area contributed by atoms with Crippen molar-refractivity contribution in [3.8, 4) is 0 Å². The lowest BCUT2D eigenvalue weighted by Crippen LogP contribution is -2.26. The van der Waals surface area contributed by atoms with Gasteiger partial charge >= 0.3 is 0 Å². The van der Waals surface area contributed by atoms with Gasteiger partial charge in [-0.3, -0.25) is 0 Å². The van der Waals surface area contributed by atoms with E-state index in [1.165, 1.54) is 32.4 Å². The standard InChI is InChI=1S/C14H29N/c1-6-7-8-9-10-15(11-13(2)3)12-14(4)5/h9-10,13-14H,6-8,11-12H2,1-5H3/b10-9+. The number of allylic oxidation sites excluding steroid dienone is 1. The second kappa shape index (κ2) is 8.82. The van der Waals surface area contributed by atoms with Gasteiger partial charge in [-0.2, -0.15) is 0 Å². The average molecular weight is 211 g/mol. The Kier molecular flexibility index (Phi) is 8.55. The maximum atomic E-state index is 2.46. The lowest BCUT2D eigenvalue weighted by Gasteiger charge is -2.24. The van der Waals surface area contributed by atoms with Gasteiger partial charge < -0.3 is 4.90 Å². The summed E-state index contributed by atoms with van der Waals surface area (Å²) in [6, 6.07) is 0. The highest BCUT2D eigenvalue weighted by Crippen LogP contribution is 2.05. The highest BCUT2D eigenvalue weighted by molar-refractivity contribution is 4.83. The maximum Gasteiger partial charge on any atom is 0.0195 e. The first-order valence-electron chi connectivity index (χ1n) is 6.47. The van der Waals surface area contributed by atoms with Crippen molar-refractivity contribution in [2.45, 2.75) is 53.9 Å². The Hall–Kier alpha value is -0.460. The van der Waals surface area contributed by atoms with Crippen molar-refractivity contribution in [3.05, 3.63) is 12.3 Å². The van der Waals surface area contributed by atoms with E-state index >= 15 is 0 Å². The summed E-state index contributed by atoms with van der Waals surface area (Å²) in [6.45, 7) is 13.7. The fourth-order valence-electron chi connectivity index (χ4n) is 1.68. The molecule has 0 N–H and O–H groups in total. The van der Waals surface area contributed by atoms with E-state index in [-0.39, 0.29) is 0 Å². The van der Waals surface area contributed by atoms with Gasteiger partial charge in [0, 0.05) is 13.1 Å². The molecule has 0 spiro atoms. The molecule has 0 aliphatic carbocycles. The Morgan fingerprint density at radius 2 is 1.53 bits per heavy atom. The van der Waals surface area contributed by atoms with Crippen LogP contribution < -0.4 is 0 Å². The third-order valence-electron chi connectivity index (χ3n) is 2.24. The zero-order chi connectivity index (χ0) is 11.7. The van der Waals surface area contributed by atoms with Gasteiger partial charge in [-0.05, 0) is 24.5 Å². The molecule has 0 amide bonds. The van der Waals surface area contributed by atoms with Crippen molar-refractivity contribution >= 4 is 0 Å². The second-order valence-electron chi connectivity index (χ2n) is 5.27. The van der Waals surface area contributed by atoms with Crippen LogP contribution in [0.2, 0.25) is 0 Å². The summed E-state index contributed by atoms with van der Waals surface area (Å²) in [5.74, 6) is 1.50. The number of unbranched alkanes of at least 4 members (excludes halogenated alkanes) is 2. The van der Waals surface area contributed by atoms with E-state index in [1.54, 1.807) is 0 Å². The largest absolute Gasteiger partial charge is 0.377 e. The molecule has 1 heteroatoms. The number of nitrogens with zero attached hydrogens (tertiary/aromatic N) is 1. The summed E-state index contributed by atoms with van der Waals surface area (Å²) in [5, 5.41) is 0. The van der Waals surface area contributed by atoms with Gasteiger partial charge in [-0.1, -0.05) is 53.5 Å². The van der Waals surface area contributed by atoms with E-state index in [1.807, 2.05) is 0 Å². The van der Waals surface area contributed by atoms with Crippen molar-refractivity contribution in [1.29, 1.82) is 0 Å². The molecule has 0 rings (SSSR count). The number of hydrogen-bond donors (Lipinski definition) is 0. The van der Waals surface area contributed by atoms with Gasteiger partial charge in [-0.25, -0.2) is 0 Å². The Morgan fingerprint density at radius 1 is 1.00 bits per heavy atom. The number of hydrogen-bond acceptors (Lipinski definition) is 1. The Labute approximate surface area is 96.6 Å². The molecule has 90 valence electrons. The van der Waals surface area contributed by atoms with Gasteiger partial charge in [0.1, 0.15) is 0 Å². The molecule has 0 saturated carbocycles. The Balaban J connectivity index is 3.93. The Morgan fingerprint density at radius 3 is 1.93 bits per heavy atom. The lowest BCUT2D eigenvalue weighted by atomic mass is 10.1. The van der Waals surface area contributed by atoms with Crippen LogP contribution in [0.15, 0.2) is 12.3 Å². The van der Waals surface area contributed by atoms with E-state index in [9.17, 15) is 0 Å². The molecule has 0 aromatic rings. The first-order chi connectivity index (χ1) is 7.06. The molecular formula is C14H29N. The van der Waals surface area contributed by atoms with Gasteiger partial charge in [0.2, 0.25) is 0 Å². The summed E-state index contributed by atoms with van der Waals surface area (Å²) in [7, 11) is 0. The van der Waals surface area contributed by atoms with Gasteiger partial charge in [0.25, 0.3) is 0 Å². The third-order valence-corrected chi connectivity index (χ3v) is 2.24. The molecule has 0 atom stereocenters. The molecule has 0 heterocycles. The summed E-state index contributed by atoms with van der Waals surface area (Å²) in [5.41, 5.74) is 0. The first-order valence-corrected chi connectivity index (χ1v) is 6.47. The topological polar surface area (TPSA) is 3.24 Å². The monoisotopic (exact) mass is 211 g/mol. The lowest BCUT2D eigenvalue weighted by molar-refractivity contribution is 0.296. The van der Waals surface area contributed by atoms with E-state index in [4.69, 9.17) is 0 Å². The SMILES string of the molecule is CCCC/C=C/N(CC(C)C)CC(C)C.